The van der Waals surface area contributed by atoms with Gasteiger partial charge >= 0.3 is 17.9 Å². The molecule has 0 aliphatic heterocycles. The van der Waals surface area contributed by atoms with Crippen molar-refractivity contribution in [2.75, 3.05) is 13.2 Å². The van der Waals surface area contributed by atoms with E-state index in [2.05, 4.69) is 34.6 Å². The Morgan fingerprint density at radius 2 is 0.550 bits per heavy atom. The number of hydrogen-bond donors (Lipinski definition) is 0. The van der Waals surface area contributed by atoms with Crippen molar-refractivity contribution in [3.05, 3.63) is 0 Å². The zero-order valence-corrected chi connectivity index (χ0v) is 41.1. The molecule has 0 radical (unpaired) electrons. The molecule has 356 valence electrons. The van der Waals surface area contributed by atoms with Crippen molar-refractivity contribution >= 4 is 17.9 Å². The second-order valence-electron chi connectivity index (χ2n) is 19.5. The van der Waals surface area contributed by atoms with Gasteiger partial charge in [0.2, 0.25) is 0 Å². The second-order valence-corrected chi connectivity index (χ2v) is 19.5. The Morgan fingerprint density at radius 1 is 0.317 bits per heavy atom. The fourth-order valence-corrected chi connectivity index (χ4v) is 8.17. The molecule has 0 amide bonds. The monoisotopic (exact) mass is 849 g/mol. The highest BCUT2D eigenvalue weighted by atomic mass is 16.6. The van der Waals surface area contributed by atoms with Gasteiger partial charge in [0.05, 0.1) is 0 Å². The lowest BCUT2D eigenvalue weighted by Crippen LogP contribution is -2.30. The van der Waals surface area contributed by atoms with Crippen molar-refractivity contribution in [2.24, 2.45) is 11.8 Å². The molecule has 0 aliphatic rings. The highest BCUT2D eigenvalue weighted by Gasteiger charge is 2.19. The highest BCUT2D eigenvalue weighted by Crippen LogP contribution is 2.18. The maximum atomic E-state index is 12.7. The summed E-state index contributed by atoms with van der Waals surface area (Å²) in [6.45, 7) is 11.3. The van der Waals surface area contributed by atoms with Crippen molar-refractivity contribution in [1.29, 1.82) is 0 Å². The first-order valence-electron chi connectivity index (χ1n) is 26.7. The number of hydrogen-bond acceptors (Lipinski definition) is 6. The maximum absolute atomic E-state index is 12.7. The third kappa shape index (κ3) is 47.5. The molecule has 0 N–H and O–H groups in total. The van der Waals surface area contributed by atoms with Crippen LogP contribution in [-0.4, -0.2) is 37.2 Å². The van der Waals surface area contributed by atoms with Gasteiger partial charge in [-0.2, -0.15) is 0 Å². The van der Waals surface area contributed by atoms with Gasteiger partial charge in [0.1, 0.15) is 13.2 Å². The molecule has 0 aromatic heterocycles. The van der Waals surface area contributed by atoms with Gasteiger partial charge in [0.15, 0.2) is 6.10 Å². The molecule has 0 spiro atoms. The number of carbonyl (C=O) groups is 3. The van der Waals surface area contributed by atoms with Crippen molar-refractivity contribution in [2.45, 2.75) is 304 Å². The average Bonchev–Trinajstić information content (AvgIpc) is 3.22. The minimum Gasteiger partial charge on any atom is -0.462 e. The van der Waals surface area contributed by atoms with Crippen LogP contribution in [0.1, 0.15) is 298 Å². The second kappa shape index (κ2) is 46.9. The Balaban J connectivity index is 4.16. The predicted molar refractivity (Wildman–Crippen MR) is 256 cm³/mol. The molecule has 0 aromatic rings. The van der Waals surface area contributed by atoms with Crippen molar-refractivity contribution in [3.63, 3.8) is 0 Å². The van der Waals surface area contributed by atoms with E-state index in [1.54, 1.807) is 0 Å². The van der Waals surface area contributed by atoms with Crippen molar-refractivity contribution < 1.29 is 28.6 Å². The third-order valence-corrected chi connectivity index (χ3v) is 12.2. The number of rotatable bonds is 48. The maximum Gasteiger partial charge on any atom is 0.306 e. The Morgan fingerprint density at radius 3 is 0.817 bits per heavy atom. The standard InChI is InChI=1S/C54H104O6/c1-6-7-8-9-10-11-12-22-25-28-34-39-44-52(55)58-47-51(60-54(57)46-41-36-31-30-33-38-43-50(4)5)48-59-53(56)45-40-35-29-26-23-20-18-16-14-13-15-17-19-21-24-27-32-37-42-49(2)3/h49-51H,6-48H2,1-5H3/t51-/m1/s1. The van der Waals surface area contributed by atoms with Gasteiger partial charge in [-0.1, -0.05) is 259 Å². The van der Waals surface area contributed by atoms with Crippen LogP contribution in [0.3, 0.4) is 0 Å². The Kier molecular flexibility index (Phi) is 45.7. The first-order valence-corrected chi connectivity index (χ1v) is 26.7. The highest BCUT2D eigenvalue weighted by molar-refractivity contribution is 5.71. The lowest BCUT2D eigenvalue weighted by Gasteiger charge is -2.18. The molecule has 0 saturated carbocycles. The Hall–Kier alpha value is -1.59. The Labute approximate surface area is 374 Å². The van der Waals surface area contributed by atoms with Crippen molar-refractivity contribution in [1.82, 2.24) is 0 Å². The van der Waals surface area contributed by atoms with Gasteiger partial charge in [0.25, 0.3) is 0 Å². The van der Waals surface area contributed by atoms with Crippen LogP contribution in [0.25, 0.3) is 0 Å². The van der Waals surface area contributed by atoms with Gasteiger partial charge in [0, 0.05) is 19.3 Å². The summed E-state index contributed by atoms with van der Waals surface area (Å²) in [6.07, 6.45) is 48.3. The summed E-state index contributed by atoms with van der Waals surface area (Å²) in [5.41, 5.74) is 0. The van der Waals surface area contributed by atoms with Gasteiger partial charge in [-0.15, -0.1) is 0 Å². The molecule has 0 aliphatic carbocycles. The normalized spacial score (nSPS) is 12.1. The van der Waals surface area contributed by atoms with Crippen molar-refractivity contribution in [3.8, 4) is 0 Å². The van der Waals surface area contributed by atoms with Crippen LogP contribution in [0.15, 0.2) is 0 Å². The summed E-state index contributed by atoms with van der Waals surface area (Å²) >= 11 is 0. The summed E-state index contributed by atoms with van der Waals surface area (Å²) in [7, 11) is 0. The quantitative estimate of drug-likeness (QED) is 0.0345. The average molecular weight is 849 g/mol. The minimum absolute atomic E-state index is 0.0645. The van der Waals surface area contributed by atoms with Crippen LogP contribution < -0.4 is 0 Å². The summed E-state index contributed by atoms with van der Waals surface area (Å²) in [5, 5.41) is 0. The van der Waals surface area contributed by atoms with Gasteiger partial charge < -0.3 is 14.2 Å². The fraction of sp³-hybridized carbons (Fsp3) is 0.944. The molecule has 0 rings (SSSR count). The number of carbonyl (C=O) groups excluding carboxylic acids is 3. The summed E-state index contributed by atoms with van der Waals surface area (Å²) in [6, 6.07) is 0. The van der Waals surface area contributed by atoms with E-state index in [-0.39, 0.29) is 31.1 Å². The van der Waals surface area contributed by atoms with Crippen LogP contribution in [-0.2, 0) is 28.6 Å². The van der Waals surface area contributed by atoms with Crippen LogP contribution in [0.5, 0.6) is 0 Å². The smallest absolute Gasteiger partial charge is 0.306 e. The predicted octanol–water partition coefficient (Wildman–Crippen LogP) is 17.3. The van der Waals surface area contributed by atoms with E-state index in [0.717, 1.165) is 69.6 Å². The molecule has 1 atom stereocenters. The van der Waals surface area contributed by atoms with Crippen LogP contribution in [0.4, 0.5) is 0 Å². The largest absolute Gasteiger partial charge is 0.462 e. The van der Waals surface area contributed by atoms with Crippen LogP contribution in [0, 0.1) is 11.8 Å². The van der Waals surface area contributed by atoms with E-state index < -0.39 is 6.10 Å². The zero-order chi connectivity index (χ0) is 44.0. The fourth-order valence-electron chi connectivity index (χ4n) is 8.17. The first-order chi connectivity index (χ1) is 29.2. The molecule has 6 nitrogen and oxygen atoms in total. The van der Waals surface area contributed by atoms with E-state index in [0.29, 0.717) is 19.3 Å². The van der Waals surface area contributed by atoms with Crippen LogP contribution >= 0.6 is 0 Å². The topological polar surface area (TPSA) is 78.9 Å². The molecular weight excluding hydrogens is 745 g/mol. The molecule has 0 saturated heterocycles. The number of esters is 3. The molecule has 0 aromatic carbocycles. The summed E-state index contributed by atoms with van der Waals surface area (Å²) < 4.78 is 16.8. The molecule has 60 heavy (non-hydrogen) atoms. The van der Waals surface area contributed by atoms with E-state index in [1.165, 1.54) is 186 Å². The van der Waals surface area contributed by atoms with E-state index in [4.69, 9.17) is 14.2 Å². The first kappa shape index (κ1) is 58.4. The Bertz CT molecular complexity index is 916. The molecule has 0 unspecified atom stereocenters. The lowest BCUT2D eigenvalue weighted by atomic mass is 10.0. The van der Waals surface area contributed by atoms with E-state index >= 15 is 0 Å². The molecule has 0 heterocycles. The molecule has 6 heteroatoms. The van der Waals surface area contributed by atoms with Gasteiger partial charge in [-0.3, -0.25) is 14.4 Å². The molecule has 0 fully saturated rings. The van der Waals surface area contributed by atoms with E-state index in [1.807, 2.05) is 0 Å². The summed E-state index contributed by atoms with van der Waals surface area (Å²) in [5.74, 6) is 0.766. The van der Waals surface area contributed by atoms with Crippen LogP contribution in [0.2, 0.25) is 0 Å². The third-order valence-electron chi connectivity index (χ3n) is 12.2. The lowest BCUT2D eigenvalue weighted by molar-refractivity contribution is -0.167. The zero-order valence-electron chi connectivity index (χ0n) is 41.1. The molecular formula is C54H104O6. The van der Waals surface area contributed by atoms with E-state index in [9.17, 15) is 14.4 Å². The van der Waals surface area contributed by atoms with Gasteiger partial charge in [-0.05, 0) is 31.1 Å². The SMILES string of the molecule is CCCCCCCCCCCCCCC(=O)OC[C@H](COC(=O)CCCCCCCCCCCCCCCCCCCCC(C)C)OC(=O)CCCCCCCCC(C)C. The minimum atomic E-state index is -0.762. The summed E-state index contributed by atoms with van der Waals surface area (Å²) in [4.78, 5) is 37.9. The molecule has 0 bridgehead atoms. The van der Waals surface area contributed by atoms with Gasteiger partial charge in [-0.25, -0.2) is 0 Å². The number of ether oxygens (including phenoxy) is 3. The number of unbranched alkanes of at least 4 members (excludes halogenated alkanes) is 33.